The van der Waals surface area contributed by atoms with E-state index in [2.05, 4.69) is 20.8 Å². The Kier molecular flexibility index (Phi) is 6.69. The lowest BCUT2D eigenvalue weighted by molar-refractivity contribution is -0.132. The largest absolute Gasteiger partial charge is 0.507 e. The number of carbonyl (C=O) groups excluding carboxylic acids is 2. The molecule has 4 aromatic rings. The minimum absolute atomic E-state index is 0.00977. The van der Waals surface area contributed by atoms with Gasteiger partial charge in [0, 0.05) is 5.56 Å². The SMILES string of the molecule is CCOc1ccc2nc(N3C(=O)C(=O)C(=C(O)c4ccc5c(c4)OCCO5)[C@@H]3c3ccc(C(C)(C)C)cc3)sc2c1. The number of anilines is 1. The van der Waals surface area contributed by atoms with Crippen molar-refractivity contribution in [3.05, 3.63) is 82.9 Å². The fourth-order valence-electron chi connectivity index (χ4n) is 5.11. The van der Waals surface area contributed by atoms with Crippen molar-refractivity contribution >= 4 is 44.1 Å². The third-order valence-corrected chi connectivity index (χ3v) is 8.24. The second kappa shape index (κ2) is 10.2. The van der Waals surface area contributed by atoms with E-state index in [1.54, 1.807) is 18.2 Å². The van der Waals surface area contributed by atoms with Gasteiger partial charge in [0.2, 0.25) is 0 Å². The van der Waals surface area contributed by atoms with Crippen LogP contribution in [0.1, 0.15) is 50.4 Å². The van der Waals surface area contributed by atoms with Gasteiger partial charge in [0.05, 0.1) is 28.4 Å². The number of amides is 1. The molecule has 1 aromatic heterocycles. The Labute approximate surface area is 241 Å². The van der Waals surface area contributed by atoms with Crippen LogP contribution in [0.5, 0.6) is 17.2 Å². The first-order valence-corrected chi connectivity index (χ1v) is 14.3. The Morgan fingerprint density at radius 1 is 1.02 bits per heavy atom. The van der Waals surface area contributed by atoms with Crippen molar-refractivity contribution in [2.45, 2.75) is 39.2 Å². The lowest BCUT2D eigenvalue weighted by atomic mass is 9.85. The molecule has 41 heavy (non-hydrogen) atoms. The standard InChI is InChI=1S/C32H30N2O6S/c1-5-38-21-11-12-22-25(17-21)41-31(33-22)34-27(18-6-9-20(10-7-18)32(2,3)4)26(29(36)30(34)37)28(35)19-8-13-23-24(16-19)40-15-14-39-23/h6-13,16-17,27,35H,5,14-15H2,1-4H3/t27-/m0/s1. The molecular formula is C32H30N2O6S. The number of ether oxygens (including phenoxy) is 3. The van der Waals surface area contributed by atoms with Crippen molar-refractivity contribution in [2.24, 2.45) is 0 Å². The van der Waals surface area contributed by atoms with Crippen molar-refractivity contribution in [3.63, 3.8) is 0 Å². The number of hydrogen-bond acceptors (Lipinski definition) is 8. The lowest BCUT2D eigenvalue weighted by Gasteiger charge is -2.25. The Balaban J connectivity index is 1.51. The summed E-state index contributed by atoms with van der Waals surface area (Å²) in [5.41, 5.74) is 2.73. The number of aliphatic hydroxyl groups excluding tert-OH is 1. The molecule has 0 spiro atoms. The molecule has 0 unspecified atom stereocenters. The van der Waals surface area contributed by atoms with Crippen LogP contribution in [-0.4, -0.2) is 41.6 Å². The molecule has 1 atom stereocenters. The summed E-state index contributed by atoms with van der Waals surface area (Å²) in [6.07, 6.45) is 0. The maximum atomic E-state index is 13.7. The number of benzene rings is 3. The summed E-state index contributed by atoms with van der Waals surface area (Å²) < 4.78 is 17.8. The summed E-state index contributed by atoms with van der Waals surface area (Å²) in [5.74, 6) is -0.0902. The number of Topliss-reactive ketones (excluding diaryl/α,β-unsaturated/α-hetero) is 1. The first kappa shape index (κ1) is 26.8. The van der Waals surface area contributed by atoms with Crippen LogP contribution in [0, 0.1) is 0 Å². The minimum atomic E-state index is -0.885. The van der Waals surface area contributed by atoms with Gasteiger partial charge in [0.15, 0.2) is 16.6 Å². The van der Waals surface area contributed by atoms with E-state index in [-0.39, 0.29) is 16.7 Å². The van der Waals surface area contributed by atoms with Gasteiger partial charge in [-0.05, 0) is 59.9 Å². The summed E-state index contributed by atoms with van der Waals surface area (Å²) in [6.45, 7) is 9.60. The van der Waals surface area contributed by atoms with Gasteiger partial charge in [-0.1, -0.05) is 56.4 Å². The smallest absolute Gasteiger partial charge is 0.301 e. The predicted molar refractivity (Wildman–Crippen MR) is 158 cm³/mol. The summed E-state index contributed by atoms with van der Waals surface area (Å²) in [6, 6.07) is 17.4. The Morgan fingerprint density at radius 2 is 1.76 bits per heavy atom. The van der Waals surface area contributed by atoms with Crippen molar-refractivity contribution in [1.82, 2.24) is 4.98 Å². The van der Waals surface area contributed by atoms with E-state index in [9.17, 15) is 14.7 Å². The van der Waals surface area contributed by atoms with E-state index in [4.69, 9.17) is 19.2 Å². The van der Waals surface area contributed by atoms with Gasteiger partial charge in [-0.25, -0.2) is 4.98 Å². The highest BCUT2D eigenvalue weighted by Crippen LogP contribution is 2.45. The molecule has 3 aromatic carbocycles. The fourth-order valence-corrected chi connectivity index (χ4v) is 6.13. The molecule has 3 heterocycles. The normalized spacial score (nSPS) is 18.2. The highest BCUT2D eigenvalue weighted by molar-refractivity contribution is 7.22. The molecular weight excluding hydrogens is 540 g/mol. The highest BCUT2D eigenvalue weighted by Gasteiger charge is 2.48. The Bertz CT molecular complexity index is 1700. The van der Waals surface area contributed by atoms with Crippen LogP contribution in [0.4, 0.5) is 5.13 Å². The average Bonchev–Trinajstić information content (AvgIpc) is 3.49. The quantitative estimate of drug-likeness (QED) is 0.169. The second-order valence-electron chi connectivity index (χ2n) is 11.0. The van der Waals surface area contributed by atoms with Crippen LogP contribution >= 0.6 is 11.3 Å². The summed E-state index contributed by atoms with van der Waals surface area (Å²) in [4.78, 5) is 33.4. The predicted octanol–water partition coefficient (Wildman–Crippen LogP) is 6.39. The lowest BCUT2D eigenvalue weighted by Crippen LogP contribution is -2.29. The van der Waals surface area contributed by atoms with Gasteiger partial charge in [0.1, 0.15) is 24.7 Å². The Morgan fingerprint density at radius 3 is 2.46 bits per heavy atom. The van der Waals surface area contributed by atoms with Gasteiger partial charge in [0.25, 0.3) is 5.78 Å². The van der Waals surface area contributed by atoms with Crippen molar-refractivity contribution < 1.29 is 28.9 Å². The first-order valence-electron chi connectivity index (χ1n) is 13.5. The summed E-state index contributed by atoms with van der Waals surface area (Å²) >= 11 is 1.30. The molecule has 6 rings (SSSR count). The number of aliphatic hydroxyl groups is 1. The molecule has 210 valence electrons. The molecule has 1 N–H and O–H groups in total. The second-order valence-corrected chi connectivity index (χ2v) is 12.0. The fraction of sp³-hybridized carbons (Fsp3) is 0.281. The van der Waals surface area contributed by atoms with E-state index in [1.807, 2.05) is 49.4 Å². The average molecular weight is 571 g/mol. The van der Waals surface area contributed by atoms with Crippen molar-refractivity contribution in [3.8, 4) is 17.2 Å². The number of aromatic nitrogens is 1. The molecule has 0 aliphatic carbocycles. The maximum absolute atomic E-state index is 13.7. The number of hydrogen-bond donors (Lipinski definition) is 1. The molecule has 0 saturated carbocycles. The van der Waals surface area contributed by atoms with Gasteiger partial charge in [-0.15, -0.1) is 0 Å². The molecule has 9 heteroatoms. The summed E-state index contributed by atoms with van der Waals surface area (Å²) in [5, 5.41) is 11.9. The van der Waals surface area contributed by atoms with Crippen molar-refractivity contribution in [2.75, 3.05) is 24.7 Å². The van der Waals surface area contributed by atoms with Gasteiger partial charge in [-0.3, -0.25) is 14.5 Å². The molecule has 8 nitrogen and oxygen atoms in total. The topological polar surface area (TPSA) is 98.2 Å². The van der Waals surface area contributed by atoms with Gasteiger partial charge in [-0.2, -0.15) is 0 Å². The van der Waals surface area contributed by atoms with E-state index in [0.29, 0.717) is 58.8 Å². The maximum Gasteiger partial charge on any atom is 0.301 e. The number of thiazole rings is 1. The molecule has 0 bridgehead atoms. The van der Waals surface area contributed by atoms with E-state index >= 15 is 0 Å². The van der Waals surface area contributed by atoms with E-state index < -0.39 is 17.7 Å². The highest BCUT2D eigenvalue weighted by atomic mass is 32.1. The third-order valence-electron chi connectivity index (χ3n) is 7.22. The minimum Gasteiger partial charge on any atom is -0.507 e. The zero-order valence-corrected chi connectivity index (χ0v) is 24.1. The van der Waals surface area contributed by atoms with E-state index in [0.717, 1.165) is 10.3 Å². The third kappa shape index (κ3) is 4.80. The van der Waals surface area contributed by atoms with Crippen LogP contribution in [0.2, 0.25) is 0 Å². The number of carbonyl (C=O) groups is 2. The van der Waals surface area contributed by atoms with Gasteiger partial charge < -0.3 is 19.3 Å². The number of nitrogens with zero attached hydrogens (tertiary/aromatic N) is 2. The molecule has 1 saturated heterocycles. The molecule has 1 fully saturated rings. The van der Waals surface area contributed by atoms with Crippen LogP contribution in [-0.2, 0) is 15.0 Å². The molecule has 2 aliphatic heterocycles. The molecule has 0 radical (unpaired) electrons. The van der Waals surface area contributed by atoms with Crippen LogP contribution in [0.25, 0.3) is 16.0 Å². The molecule has 2 aliphatic rings. The zero-order valence-electron chi connectivity index (χ0n) is 23.3. The van der Waals surface area contributed by atoms with Crippen molar-refractivity contribution in [1.29, 1.82) is 0 Å². The van der Waals surface area contributed by atoms with E-state index in [1.165, 1.54) is 16.2 Å². The molecule has 1 amide bonds. The zero-order chi connectivity index (χ0) is 28.9. The van der Waals surface area contributed by atoms with Crippen LogP contribution in [0.15, 0.2) is 66.2 Å². The first-order chi connectivity index (χ1) is 19.7. The van der Waals surface area contributed by atoms with Crippen LogP contribution < -0.4 is 19.1 Å². The van der Waals surface area contributed by atoms with Crippen LogP contribution in [0.3, 0.4) is 0 Å². The number of fused-ring (bicyclic) bond motifs is 2. The monoisotopic (exact) mass is 570 g/mol. The number of ketones is 1. The summed E-state index contributed by atoms with van der Waals surface area (Å²) in [7, 11) is 0. The van der Waals surface area contributed by atoms with Gasteiger partial charge >= 0.3 is 5.91 Å². The Hall–Kier alpha value is -4.37. The number of rotatable bonds is 5.